The number of rotatable bonds is 3. The Morgan fingerprint density at radius 1 is 1.31 bits per heavy atom. The van der Waals surface area contributed by atoms with Crippen LogP contribution >= 0.6 is 0 Å². The van der Waals surface area contributed by atoms with Crippen LogP contribution in [-0.4, -0.2) is 25.2 Å². The maximum Gasteiger partial charge on any atom is 0.330 e. The van der Waals surface area contributed by atoms with Crippen molar-refractivity contribution in [2.24, 2.45) is 0 Å². The van der Waals surface area contributed by atoms with Crippen LogP contribution in [0.2, 0.25) is 0 Å². The summed E-state index contributed by atoms with van der Waals surface area (Å²) >= 11 is 0. The van der Waals surface area contributed by atoms with Gasteiger partial charge in [0.2, 0.25) is 0 Å². The molecule has 0 fully saturated rings. The van der Waals surface area contributed by atoms with E-state index in [9.17, 15) is 9.59 Å². The summed E-state index contributed by atoms with van der Waals surface area (Å²) in [5.74, 6) is -0.818. The number of hydrogen-bond acceptors (Lipinski definition) is 4. The number of hydrogen-bond donors (Lipinski definition) is 0. The zero-order chi connectivity index (χ0) is 10.4. The minimum absolute atomic E-state index is 0.370. The lowest BCUT2D eigenvalue weighted by atomic mass is 10.2. The van der Waals surface area contributed by atoms with Gasteiger partial charge in [-0.2, -0.15) is 0 Å². The highest BCUT2D eigenvalue weighted by atomic mass is 16.5. The average Bonchev–Trinajstić information content (AvgIpc) is 2.02. The molecule has 4 heteroatoms. The van der Waals surface area contributed by atoms with Crippen molar-refractivity contribution in [2.45, 2.75) is 26.9 Å². The molecule has 13 heavy (non-hydrogen) atoms. The van der Waals surface area contributed by atoms with Crippen LogP contribution in [0.15, 0.2) is 11.6 Å². The van der Waals surface area contributed by atoms with E-state index in [1.807, 2.05) is 0 Å². The van der Waals surface area contributed by atoms with E-state index < -0.39 is 12.1 Å². The quantitative estimate of drug-likeness (QED) is 0.488. The first-order chi connectivity index (χ1) is 5.97. The monoisotopic (exact) mass is 186 g/mol. The van der Waals surface area contributed by atoms with Gasteiger partial charge in [-0.3, -0.25) is 4.79 Å². The summed E-state index contributed by atoms with van der Waals surface area (Å²) in [4.78, 5) is 21.3. The van der Waals surface area contributed by atoms with Crippen LogP contribution in [0, 0.1) is 0 Å². The van der Waals surface area contributed by atoms with Crippen LogP contribution in [0.25, 0.3) is 0 Å². The molecule has 0 spiro atoms. The summed E-state index contributed by atoms with van der Waals surface area (Å²) in [7, 11) is 1.29. The molecule has 0 aliphatic heterocycles. The van der Waals surface area contributed by atoms with Crippen molar-refractivity contribution in [2.75, 3.05) is 7.11 Å². The average molecular weight is 186 g/mol. The Morgan fingerprint density at radius 3 is 2.23 bits per heavy atom. The number of ether oxygens (including phenoxy) is 2. The van der Waals surface area contributed by atoms with Crippen molar-refractivity contribution < 1.29 is 19.1 Å². The third kappa shape index (κ3) is 5.00. The summed E-state index contributed by atoms with van der Waals surface area (Å²) in [6.07, 6.45) is 0.907. The van der Waals surface area contributed by atoms with E-state index in [2.05, 4.69) is 4.74 Å². The minimum atomic E-state index is -0.448. The Bertz CT molecular complexity index is 230. The molecule has 0 bridgehead atoms. The van der Waals surface area contributed by atoms with Gasteiger partial charge in [-0.25, -0.2) is 4.79 Å². The summed E-state index contributed by atoms with van der Waals surface area (Å²) in [6, 6.07) is 0. The van der Waals surface area contributed by atoms with Crippen molar-refractivity contribution in [3.8, 4) is 0 Å². The first kappa shape index (κ1) is 11.7. The second-order valence-electron chi connectivity index (χ2n) is 2.66. The zero-order valence-electron chi connectivity index (χ0n) is 8.29. The lowest BCUT2D eigenvalue weighted by Gasteiger charge is -2.11. The summed E-state index contributed by atoms with van der Waals surface area (Å²) in [6.45, 7) is 4.71. The molecular weight excluding hydrogens is 172 g/mol. The van der Waals surface area contributed by atoms with Crippen molar-refractivity contribution >= 4 is 11.9 Å². The Kier molecular flexibility index (Phi) is 4.80. The van der Waals surface area contributed by atoms with Crippen LogP contribution < -0.4 is 0 Å². The molecule has 0 aromatic rings. The van der Waals surface area contributed by atoms with E-state index in [0.29, 0.717) is 5.57 Å². The smallest absolute Gasteiger partial charge is 0.330 e. The molecule has 0 saturated heterocycles. The van der Waals surface area contributed by atoms with Crippen molar-refractivity contribution in [3.63, 3.8) is 0 Å². The Morgan fingerprint density at radius 2 is 1.85 bits per heavy atom. The molecule has 0 N–H and O–H groups in total. The van der Waals surface area contributed by atoms with E-state index in [1.54, 1.807) is 13.8 Å². The van der Waals surface area contributed by atoms with Crippen LogP contribution in [0.4, 0.5) is 0 Å². The van der Waals surface area contributed by atoms with E-state index in [1.165, 1.54) is 20.1 Å². The molecule has 4 nitrogen and oxygen atoms in total. The second kappa shape index (κ2) is 5.35. The van der Waals surface area contributed by atoms with Gasteiger partial charge in [0, 0.05) is 13.0 Å². The minimum Gasteiger partial charge on any atom is -0.466 e. The lowest BCUT2D eigenvalue weighted by Crippen LogP contribution is -2.14. The van der Waals surface area contributed by atoms with Gasteiger partial charge in [0.05, 0.1) is 7.11 Å². The molecule has 0 aliphatic rings. The molecule has 74 valence electrons. The molecule has 0 saturated carbocycles. The first-order valence-corrected chi connectivity index (χ1v) is 3.90. The second-order valence-corrected chi connectivity index (χ2v) is 2.66. The standard InChI is InChI=1S/C9H14O4/c1-6(5-9(11)12-4)7(2)13-8(3)10/h5,7H,1-4H3/b6-5+. The highest BCUT2D eigenvalue weighted by molar-refractivity contribution is 5.82. The van der Waals surface area contributed by atoms with Gasteiger partial charge < -0.3 is 9.47 Å². The van der Waals surface area contributed by atoms with Gasteiger partial charge in [-0.1, -0.05) is 0 Å². The van der Waals surface area contributed by atoms with Crippen molar-refractivity contribution in [1.29, 1.82) is 0 Å². The van der Waals surface area contributed by atoms with Gasteiger partial charge in [0.25, 0.3) is 0 Å². The van der Waals surface area contributed by atoms with Crippen LogP contribution in [0.3, 0.4) is 0 Å². The third-order valence-corrected chi connectivity index (χ3v) is 1.53. The van der Waals surface area contributed by atoms with Crippen LogP contribution in [0.1, 0.15) is 20.8 Å². The number of esters is 2. The molecule has 0 aromatic carbocycles. The van der Waals surface area contributed by atoms with Gasteiger partial charge in [-0.05, 0) is 19.4 Å². The lowest BCUT2D eigenvalue weighted by molar-refractivity contribution is -0.144. The van der Waals surface area contributed by atoms with Crippen LogP contribution in [-0.2, 0) is 19.1 Å². The van der Waals surface area contributed by atoms with E-state index in [4.69, 9.17) is 4.74 Å². The summed E-state index contributed by atoms with van der Waals surface area (Å²) in [5.41, 5.74) is 0.655. The molecule has 0 rings (SSSR count). The Labute approximate surface area is 77.5 Å². The predicted molar refractivity (Wildman–Crippen MR) is 47.0 cm³/mol. The van der Waals surface area contributed by atoms with Gasteiger partial charge in [0.1, 0.15) is 6.10 Å². The van der Waals surface area contributed by atoms with Crippen LogP contribution in [0.5, 0.6) is 0 Å². The molecular formula is C9H14O4. The van der Waals surface area contributed by atoms with E-state index >= 15 is 0 Å². The van der Waals surface area contributed by atoms with Gasteiger partial charge in [-0.15, -0.1) is 0 Å². The normalized spacial score (nSPS) is 13.4. The fourth-order valence-corrected chi connectivity index (χ4v) is 0.704. The highest BCUT2D eigenvalue weighted by Crippen LogP contribution is 2.05. The van der Waals surface area contributed by atoms with Gasteiger partial charge >= 0.3 is 11.9 Å². The molecule has 0 aromatic heterocycles. The zero-order valence-corrected chi connectivity index (χ0v) is 8.29. The highest BCUT2D eigenvalue weighted by Gasteiger charge is 2.08. The topological polar surface area (TPSA) is 52.6 Å². The molecule has 0 heterocycles. The maximum absolute atomic E-state index is 10.8. The fourth-order valence-electron chi connectivity index (χ4n) is 0.704. The molecule has 1 unspecified atom stereocenters. The third-order valence-electron chi connectivity index (χ3n) is 1.53. The fraction of sp³-hybridized carbons (Fsp3) is 0.556. The van der Waals surface area contributed by atoms with E-state index in [0.717, 1.165) is 0 Å². The SMILES string of the molecule is COC(=O)/C=C(\C)C(C)OC(C)=O. The van der Waals surface area contributed by atoms with Gasteiger partial charge in [0.15, 0.2) is 0 Å². The Balaban J connectivity index is 4.23. The van der Waals surface area contributed by atoms with Crippen molar-refractivity contribution in [3.05, 3.63) is 11.6 Å². The summed E-state index contributed by atoms with van der Waals surface area (Å²) in [5, 5.41) is 0. The number of carbonyl (C=O) groups excluding carboxylic acids is 2. The molecule has 0 amide bonds. The molecule has 1 atom stereocenters. The summed E-state index contributed by atoms with van der Waals surface area (Å²) < 4.78 is 9.26. The predicted octanol–water partition coefficient (Wildman–Crippen LogP) is 1.06. The maximum atomic E-state index is 10.8. The number of carbonyl (C=O) groups is 2. The number of methoxy groups -OCH3 is 1. The molecule has 0 radical (unpaired) electrons. The van der Waals surface area contributed by atoms with E-state index in [-0.39, 0.29) is 5.97 Å². The van der Waals surface area contributed by atoms with Crippen molar-refractivity contribution in [1.82, 2.24) is 0 Å². The first-order valence-electron chi connectivity index (χ1n) is 3.90. The largest absolute Gasteiger partial charge is 0.466 e. The Hall–Kier alpha value is -1.32. The molecule has 0 aliphatic carbocycles.